The molecule has 3 aliphatic rings. The molecule has 2 N–H and O–H groups in total. The number of carbonyl (C=O) groups excluding carboxylic acids is 2. The molecule has 0 aromatic heterocycles. The summed E-state index contributed by atoms with van der Waals surface area (Å²) < 4.78 is 0. The first-order valence-corrected chi connectivity index (χ1v) is 9.47. The van der Waals surface area contributed by atoms with E-state index in [1.807, 2.05) is 0 Å². The van der Waals surface area contributed by atoms with E-state index in [-0.39, 0.29) is 17.9 Å². The number of rotatable bonds is 3. The summed E-state index contributed by atoms with van der Waals surface area (Å²) in [5.74, 6) is 0.527. The first-order chi connectivity index (χ1) is 12.1. The zero-order valence-corrected chi connectivity index (χ0v) is 14.9. The number of nitrogens with zero attached hydrogens (tertiary/aromatic N) is 1. The maximum Gasteiger partial charge on any atom is 0.317 e. The smallest absolute Gasteiger partial charge is 0.317 e. The van der Waals surface area contributed by atoms with Crippen LogP contribution >= 0.6 is 0 Å². The minimum Gasteiger partial charge on any atom is -0.359 e. The SMILES string of the molecule is CNC(=O)[C@@H]1CCCN(C(=O)NC[C@H]2C[C@]23CCc2ccccc23)C1. The van der Waals surface area contributed by atoms with E-state index >= 15 is 0 Å². The maximum absolute atomic E-state index is 12.5. The average molecular weight is 341 g/mol. The van der Waals surface area contributed by atoms with Crippen LogP contribution in [0.15, 0.2) is 24.3 Å². The van der Waals surface area contributed by atoms with Crippen molar-refractivity contribution in [2.45, 2.75) is 37.5 Å². The van der Waals surface area contributed by atoms with Gasteiger partial charge in [-0.25, -0.2) is 4.79 Å². The summed E-state index contributed by atoms with van der Waals surface area (Å²) in [6.07, 6.45) is 5.33. The van der Waals surface area contributed by atoms with E-state index in [2.05, 4.69) is 34.9 Å². The van der Waals surface area contributed by atoms with Crippen molar-refractivity contribution in [3.63, 3.8) is 0 Å². The highest BCUT2D eigenvalue weighted by atomic mass is 16.2. The Morgan fingerprint density at radius 1 is 1.32 bits per heavy atom. The van der Waals surface area contributed by atoms with Crippen molar-refractivity contribution in [3.8, 4) is 0 Å². The molecule has 1 aromatic rings. The fraction of sp³-hybridized carbons (Fsp3) is 0.600. The Bertz CT molecular complexity index is 689. The van der Waals surface area contributed by atoms with Crippen LogP contribution in [0, 0.1) is 11.8 Å². The van der Waals surface area contributed by atoms with Crippen molar-refractivity contribution in [1.29, 1.82) is 0 Å². The number of piperidine rings is 1. The quantitative estimate of drug-likeness (QED) is 0.884. The number of amides is 3. The minimum absolute atomic E-state index is 0.0121. The number of aryl methyl sites for hydroxylation is 1. The number of carbonyl (C=O) groups is 2. The molecule has 5 nitrogen and oxygen atoms in total. The third kappa shape index (κ3) is 2.90. The van der Waals surface area contributed by atoms with E-state index in [9.17, 15) is 9.59 Å². The third-order valence-electron chi connectivity index (χ3n) is 6.45. The number of fused-ring (bicyclic) bond motifs is 2. The van der Waals surface area contributed by atoms with E-state index in [0.717, 1.165) is 25.9 Å². The summed E-state index contributed by atoms with van der Waals surface area (Å²) in [5.41, 5.74) is 3.31. The number of hydrogen-bond acceptors (Lipinski definition) is 2. The molecule has 1 aromatic carbocycles. The molecule has 1 saturated carbocycles. The van der Waals surface area contributed by atoms with Gasteiger partial charge in [0.1, 0.15) is 0 Å². The largest absolute Gasteiger partial charge is 0.359 e. The highest BCUT2D eigenvalue weighted by Gasteiger charge is 2.57. The van der Waals surface area contributed by atoms with E-state index in [4.69, 9.17) is 0 Å². The van der Waals surface area contributed by atoms with Crippen molar-refractivity contribution >= 4 is 11.9 Å². The predicted molar refractivity (Wildman–Crippen MR) is 96.3 cm³/mol. The Morgan fingerprint density at radius 2 is 2.16 bits per heavy atom. The van der Waals surface area contributed by atoms with Gasteiger partial charge < -0.3 is 15.5 Å². The predicted octanol–water partition coefficient (Wildman–Crippen LogP) is 2.06. The number of likely N-dealkylation sites (tertiary alicyclic amines) is 1. The number of benzene rings is 1. The van der Waals surface area contributed by atoms with Crippen molar-refractivity contribution < 1.29 is 9.59 Å². The molecule has 0 bridgehead atoms. The summed E-state index contributed by atoms with van der Waals surface area (Å²) in [7, 11) is 1.66. The van der Waals surface area contributed by atoms with Crippen LogP contribution in [0.25, 0.3) is 0 Å². The lowest BCUT2D eigenvalue weighted by atomic mass is 9.95. The van der Waals surface area contributed by atoms with Crippen LogP contribution in [0.5, 0.6) is 0 Å². The van der Waals surface area contributed by atoms with Gasteiger partial charge in [0.15, 0.2) is 0 Å². The summed E-state index contributed by atoms with van der Waals surface area (Å²) in [6, 6.07) is 8.75. The molecule has 1 heterocycles. The Labute approximate surface area is 149 Å². The van der Waals surface area contributed by atoms with Crippen molar-refractivity contribution in [2.75, 3.05) is 26.7 Å². The van der Waals surface area contributed by atoms with E-state index in [1.54, 1.807) is 11.9 Å². The fourth-order valence-corrected chi connectivity index (χ4v) is 4.90. The summed E-state index contributed by atoms with van der Waals surface area (Å²) in [6.45, 7) is 2.02. The minimum atomic E-state index is -0.0709. The molecule has 5 heteroatoms. The van der Waals surface area contributed by atoms with Crippen molar-refractivity contribution in [1.82, 2.24) is 15.5 Å². The van der Waals surface area contributed by atoms with Gasteiger partial charge in [-0.2, -0.15) is 0 Å². The molecule has 1 spiro atoms. The zero-order chi connectivity index (χ0) is 17.4. The van der Waals surface area contributed by atoms with Gasteiger partial charge in [0, 0.05) is 32.1 Å². The lowest BCUT2D eigenvalue weighted by Gasteiger charge is -2.32. The first kappa shape index (κ1) is 16.4. The van der Waals surface area contributed by atoms with Crippen LogP contribution in [0.1, 0.15) is 36.8 Å². The van der Waals surface area contributed by atoms with Crippen LogP contribution in [0.3, 0.4) is 0 Å². The fourth-order valence-electron chi connectivity index (χ4n) is 4.90. The molecule has 3 amide bonds. The average Bonchev–Trinajstić information content (AvgIpc) is 3.25. The second kappa shape index (κ2) is 6.36. The highest BCUT2D eigenvalue weighted by molar-refractivity contribution is 5.80. The van der Waals surface area contributed by atoms with Gasteiger partial charge in [0.25, 0.3) is 0 Å². The second-order valence-electron chi connectivity index (χ2n) is 7.80. The van der Waals surface area contributed by atoms with E-state index in [0.29, 0.717) is 17.9 Å². The Balaban J connectivity index is 1.31. The van der Waals surface area contributed by atoms with Crippen LogP contribution < -0.4 is 10.6 Å². The summed E-state index contributed by atoms with van der Waals surface area (Å²) >= 11 is 0. The van der Waals surface area contributed by atoms with Crippen molar-refractivity contribution in [3.05, 3.63) is 35.4 Å². The molecule has 1 aliphatic heterocycles. The van der Waals surface area contributed by atoms with E-state index < -0.39 is 0 Å². The van der Waals surface area contributed by atoms with Crippen LogP contribution in [-0.2, 0) is 16.6 Å². The van der Waals surface area contributed by atoms with Crippen LogP contribution in [0.2, 0.25) is 0 Å². The van der Waals surface area contributed by atoms with Gasteiger partial charge in [0.05, 0.1) is 5.92 Å². The molecule has 4 rings (SSSR count). The topological polar surface area (TPSA) is 61.4 Å². The van der Waals surface area contributed by atoms with Gasteiger partial charge in [-0.1, -0.05) is 24.3 Å². The first-order valence-electron chi connectivity index (χ1n) is 9.47. The van der Waals surface area contributed by atoms with Gasteiger partial charge in [0.2, 0.25) is 5.91 Å². The van der Waals surface area contributed by atoms with Crippen molar-refractivity contribution in [2.24, 2.45) is 11.8 Å². The molecule has 2 fully saturated rings. The second-order valence-corrected chi connectivity index (χ2v) is 7.80. The molecule has 0 unspecified atom stereocenters. The Hall–Kier alpha value is -2.04. The third-order valence-corrected chi connectivity index (χ3v) is 6.45. The van der Waals surface area contributed by atoms with Crippen LogP contribution in [0.4, 0.5) is 4.79 Å². The number of nitrogens with one attached hydrogen (secondary N) is 2. The molecular formula is C20H27N3O2. The molecule has 1 saturated heterocycles. The van der Waals surface area contributed by atoms with Crippen LogP contribution in [-0.4, -0.2) is 43.5 Å². The molecule has 0 radical (unpaired) electrons. The molecule has 3 atom stereocenters. The normalized spacial score (nSPS) is 30.0. The van der Waals surface area contributed by atoms with Gasteiger partial charge in [-0.3, -0.25) is 4.79 Å². The monoisotopic (exact) mass is 341 g/mol. The molecule has 25 heavy (non-hydrogen) atoms. The van der Waals surface area contributed by atoms with E-state index in [1.165, 1.54) is 30.4 Å². The lowest BCUT2D eigenvalue weighted by molar-refractivity contribution is -0.125. The molecule has 134 valence electrons. The highest BCUT2D eigenvalue weighted by Crippen LogP contribution is 2.61. The summed E-state index contributed by atoms with van der Waals surface area (Å²) in [4.78, 5) is 26.2. The Morgan fingerprint density at radius 3 is 3.00 bits per heavy atom. The van der Waals surface area contributed by atoms with Gasteiger partial charge in [-0.15, -0.1) is 0 Å². The van der Waals surface area contributed by atoms with Gasteiger partial charge in [-0.05, 0) is 49.1 Å². The maximum atomic E-state index is 12.5. The zero-order valence-electron chi connectivity index (χ0n) is 14.9. The number of hydrogen-bond donors (Lipinski definition) is 2. The van der Waals surface area contributed by atoms with Gasteiger partial charge >= 0.3 is 6.03 Å². The Kier molecular flexibility index (Phi) is 4.18. The standard InChI is InChI=1S/C20H27N3O2/c1-21-18(24)15-6-4-10-23(13-15)19(25)22-12-16-11-20(16)9-8-14-5-2-3-7-17(14)20/h2-3,5,7,15-16H,4,6,8-13H2,1H3,(H,21,24)(H,22,25)/t15-,16-,20-/m1/s1. The molecular weight excluding hydrogens is 314 g/mol. The lowest BCUT2D eigenvalue weighted by Crippen LogP contribution is -2.49. The number of urea groups is 1. The molecule has 2 aliphatic carbocycles. The summed E-state index contributed by atoms with van der Waals surface area (Å²) in [5, 5.41) is 5.83.